The summed E-state index contributed by atoms with van der Waals surface area (Å²) in [6.45, 7) is 4.89. The smallest absolute Gasteiger partial charge is 0.127 e. The summed E-state index contributed by atoms with van der Waals surface area (Å²) in [4.78, 5) is 0. The van der Waals surface area contributed by atoms with Crippen LogP contribution in [0.25, 0.3) is 0 Å². The summed E-state index contributed by atoms with van der Waals surface area (Å²) < 4.78 is 10.9. The van der Waals surface area contributed by atoms with Gasteiger partial charge in [-0.1, -0.05) is 0 Å². The third-order valence-electron chi connectivity index (χ3n) is 2.19. The van der Waals surface area contributed by atoms with Crippen LogP contribution >= 0.6 is 0 Å². The van der Waals surface area contributed by atoms with Crippen LogP contribution in [0.15, 0.2) is 18.2 Å². The zero-order valence-electron chi connectivity index (χ0n) is 9.77. The summed E-state index contributed by atoms with van der Waals surface area (Å²) in [6, 6.07) is 5.04. The molecular formula is C12H19NO3. The number of hydrogen-bond acceptors (Lipinski definition) is 4. The van der Waals surface area contributed by atoms with Crippen molar-refractivity contribution < 1.29 is 14.6 Å². The van der Waals surface area contributed by atoms with Crippen LogP contribution in [0.5, 0.6) is 11.5 Å². The Morgan fingerprint density at radius 3 is 2.50 bits per heavy atom. The highest BCUT2D eigenvalue weighted by atomic mass is 16.5. The van der Waals surface area contributed by atoms with Crippen LogP contribution < -0.4 is 15.2 Å². The molecule has 3 N–H and O–H groups in total. The van der Waals surface area contributed by atoms with E-state index in [2.05, 4.69) is 0 Å². The number of benzene rings is 1. The van der Waals surface area contributed by atoms with Gasteiger partial charge in [-0.05, 0) is 26.0 Å². The molecule has 0 spiro atoms. The van der Waals surface area contributed by atoms with Crippen molar-refractivity contribution in [3.8, 4) is 11.5 Å². The fraction of sp³-hybridized carbons (Fsp3) is 0.500. The van der Waals surface area contributed by atoms with Gasteiger partial charge in [0.1, 0.15) is 11.5 Å². The Kier molecular flexibility index (Phi) is 5.08. The fourth-order valence-electron chi connectivity index (χ4n) is 1.46. The minimum absolute atomic E-state index is 0.103. The Morgan fingerprint density at radius 2 is 1.94 bits per heavy atom. The van der Waals surface area contributed by atoms with Crippen molar-refractivity contribution >= 4 is 0 Å². The first-order valence-corrected chi connectivity index (χ1v) is 5.48. The van der Waals surface area contributed by atoms with Crippen LogP contribution in [0.1, 0.15) is 25.5 Å². The van der Waals surface area contributed by atoms with Crippen molar-refractivity contribution in [2.45, 2.75) is 19.9 Å². The predicted molar refractivity (Wildman–Crippen MR) is 62.8 cm³/mol. The molecular weight excluding hydrogens is 206 g/mol. The maximum atomic E-state index is 9.04. The zero-order valence-corrected chi connectivity index (χ0v) is 9.77. The van der Waals surface area contributed by atoms with Gasteiger partial charge in [0.05, 0.1) is 25.9 Å². The monoisotopic (exact) mass is 225 g/mol. The molecule has 4 heteroatoms. The van der Waals surface area contributed by atoms with Crippen molar-refractivity contribution in [3.63, 3.8) is 0 Å². The third-order valence-corrected chi connectivity index (χ3v) is 2.19. The lowest BCUT2D eigenvalue weighted by Gasteiger charge is -2.16. The van der Waals surface area contributed by atoms with Crippen molar-refractivity contribution in [1.29, 1.82) is 0 Å². The number of nitrogens with two attached hydrogens (primary N) is 1. The van der Waals surface area contributed by atoms with E-state index in [0.29, 0.717) is 19.0 Å². The molecule has 16 heavy (non-hydrogen) atoms. The van der Waals surface area contributed by atoms with Gasteiger partial charge >= 0.3 is 0 Å². The van der Waals surface area contributed by atoms with E-state index < -0.39 is 6.04 Å². The zero-order chi connectivity index (χ0) is 12.0. The average molecular weight is 225 g/mol. The van der Waals surface area contributed by atoms with E-state index in [-0.39, 0.29) is 6.61 Å². The van der Waals surface area contributed by atoms with Crippen LogP contribution in [0.3, 0.4) is 0 Å². The van der Waals surface area contributed by atoms with E-state index in [4.69, 9.17) is 20.3 Å². The lowest BCUT2D eigenvalue weighted by atomic mass is 10.1. The van der Waals surface area contributed by atoms with Gasteiger partial charge in [-0.15, -0.1) is 0 Å². The standard InChI is InChI=1S/C12H19NO3/c1-3-15-9-5-6-10(11(13)8-14)12(7-9)16-4-2/h5-7,11,14H,3-4,8,13H2,1-2H3/t11-/m1/s1. The molecule has 0 fully saturated rings. The molecule has 1 aromatic carbocycles. The van der Waals surface area contributed by atoms with Crippen molar-refractivity contribution in [2.75, 3.05) is 19.8 Å². The molecule has 4 nitrogen and oxygen atoms in total. The van der Waals surface area contributed by atoms with E-state index in [0.717, 1.165) is 11.3 Å². The van der Waals surface area contributed by atoms with Gasteiger partial charge in [0.2, 0.25) is 0 Å². The summed E-state index contributed by atoms with van der Waals surface area (Å²) >= 11 is 0. The van der Waals surface area contributed by atoms with Crippen LogP contribution in [0.4, 0.5) is 0 Å². The molecule has 0 unspecified atom stereocenters. The molecule has 0 aliphatic heterocycles. The summed E-state index contributed by atoms with van der Waals surface area (Å²) in [6.07, 6.45) is 0. The molecule has 0 aliphatic rings. The van der Waals surface area contributed by atoms with Crippen LogP contribution in [-0.4, -0.2) is 24.9 Å². The highest BCUT2D eigenvalue weighted by Crippen LogP contribution is 2.28. The quantitative estimate of drug-likeness (QED) is 0.769. The summed E-state index contributed by atoms with van der Waals surface area (Å²) in [5, 5.41) is 9.04. The largest absolute Gasteiger partial charge is 0.494 e. The first-order valence-electron chi connectivity index (χ1n) is 5.48. The maximum Gasteiger partial charge on any atom is 0.127 e. The van der Waals surface area contributed by atoms with E-state index >= 15 is 0 Å². The number of aliphatic hydroxyl groups excluding tert-OH is 1. The molecule has 0 aromatic heterocycles. The van der Waals surface area contributed by atoms with Gasteiger partial charge in [0, 0.05) is 11.6 Å². The highest BCUT2D eigenvalue weighted by molar-refractivity contribution is 5.42. The van der Waals surface area contributed by atoms with Crippen molar-refractivity contribution in [2.24, 2.45) is 5.73 Å². The molecule has 1 atom stereocenters. The highest BCUT2D eigenvalue weighted by Gasteiger charge is 2.12. The normalized spacial score (nSPS) is 12.2. The number of ether oxygens (including phenoxy) is 2. The van der Waals surface area contributed by atoms with Gasteiger partial charge < -0.3 is 20.3 Å². The van der Waals surface area contributed by atoms with Crippen molar-refractivity contribution in [3.05, 3.63) is 23.8 Å². The maximum absolute atomic E-state index is 9.04. The van der Waals surface area contributed by atoms with E-state index in [1.807, 2.05) is 26.0 Å². The molecule has 0 aliphatic carbocycles. The summed E-state index contributed by atoms with van der Waals surface area (Å²) in [7, 11) is 0. The molecule has 0 saturated carbocycles. The summed E-state index contributed by atoms with van der Waals surface area (Å²) in [5.74, 6) is 1.43. The first kappa shape index (κ1) is 12.8. The Labute approximate surface area is 96.0 Å². The van der Waals surface area contributed by atoms with Gasteiger partial charge in [0.25, 0.3) is 0 Å². The van der Waals surface area contributed by atoms with E-state index in [9.17, 15) is 0 Å². The molecule has 0 amide bonds. The van der Waals surface area contributed by atoms with Gasteiger partial charge in [-0.25, -0.2) is 0 Å². The van der Waals surface area contributed by atoms with Crippen LogP contribution in [0, 0.1) is 0 Å². The lowest BCUT2D eigenvalue weighted by Crippen LogP contribution is -2.16. The first-order chi connectivity index (χ1) is 7.72. The molecule has 0 radical (unpaired) electrons. The van der Waals surface area contributed by atoms with Crippen LogP contribution in [0.2, 0.25) is 0 Å². The van der Waals surface area contributed by atoms with Gasteiger partial charge in [-0.3, -0.25) is 0 Å². The fourth-order valence-corrected chi connectivity index (χ4v) is 1.46. The minimum atomic E-state index is -0.419. The second-order valence-electron chi connectivity index (χ2n) is 3.35. The average Bonchev–Trinajstić information content (AvgIpc) is 2.29. The Bertz CT molecular complexity index is 328. The molecule has 0 saturated heterocycles. The minimum Gasteiger partial charge on any atom is -0.494 e. The van der Waals surface area contributed by atoms with Crippen LogP contribution in [-0.2, 0) is 0 Å². The summed E-state index contributed by atoms with van der Waals surface area (Å²) in [5.41, 5.74) is 6.58. The molecule has 0 heterocycles. The molecule has 1 rings (SSSR count). The van der Waals surface area contributed by atoms with E-state index in [1.54, 1.807) is 6.07 Å². The lowest BCUT2D eigenvalue weighted by molar-refractivity contribution is 0.261. The van der Waals surface area contributed by atoms with Gasteiger partial charge in [-0.2, -0.15) is 0 Å². The Morgan fingerprint density at radius 1 is 1.25 bits per heavy atom. The molecule has 0 bridgehead atoms. The third kappa shape index (κ3) is 3.12. The molecule has 1 aromatic rings. The number of rotatable bonds is 6. The second-order valence-corrected chi connectivity index (χ2v) is 3.35. The Balaban J connectivity index is 2.98. The second kappa shape index (κ2) is 6.35. The Hall–Kier alpha value is -1.26. The van der Waals surface area contributed by atoms with Crippen molar-refractivity contribution in [1.82, 2.24) is 0 Å². The topological polar surface area (TPSA) is 64.7 Å². The molecule has 90 valence electrons. The predicted octanol–water partition coefficient (Wildman–Crippen LogP) is 1.48. The SMILES string of the molecule is CCOc1ccc([C@H](N)CO)c(OCC)c1. The number of hydrogen-bond donors (Lipinski definition) is 2. The number of aliphatic hydroxyl groups is 1. The van der Waals surface area contributed by atoms with E-state index in [1.165, 1.54) is 0 Å². The van der Waals surface area contributed by atoms with Gasteiger partial charge in [0.15, 0.2) is 0 Å².